The first-order valence-electron chi connectivity index (χ1n) is 6.48. The zero-order valence-electron chi connectivity index (χ0n) is 13.7. The normalized spacial score (nSPS) is 12.5. The van der Waals surface area contributed by atoms with Crippen LogP contribution in [0.4, 0.5) is 4.79 Å². The van der Waals surface area contributed by atoms with Crippen LogP contribution in [0, 0.1) is 5.21 Å². The number of hydrazine groups is 1. The molecule has 128 valence electrons. The highest BCUT2D eigenvalue weighted by Crippen LogP contribution is 2.13. The number of carboxylic acids is 1. The van der Waals surface area contributed by atoms with E-state index in [9.17, 15) is 14.8 Å². The topological polar surface area (TPSA) is 124 Å². The minimum Gasteiger partial charge on any atom is -0.569 e. The molecule has 0 aliphatic carbocycles. The Morgan fingerprint density at radius 2 is 1.77 bits per heavy atom. The molecular formula is C12H23N3O7. The summed E-state index contributed by atoms with van der Waals surface area (Å²) < 4.78 is 9.37. The van der Waals surface area contributed by atoms with E-state index in [0.717, 1.165) is 5.01 Å². The fourth-order valence-corrected chi connectivity index (χ4v) is 1.15. The van der Waals surface area contributed by atoms with Gasteiger partial charge < -0.3 is 24.6 Å². The van der Waals surface area contributed by atoms with Crippen LogP contribution in [0.3, 0.4) is 0 Å². The molecule has 0 radical (unpaired) electrons. The Morgan fingerprint density at radius 3 is 2.18 bits per heavy atom. The van der Waals surface area contributed by atoms with Crippen LogP contribution in [0.2, 0.25) is 0 Å². The monoisotopic (exact) mass is 321 g/mol. The summed E-state index contributed by atoms with van der Waals surface area (Å²) in [6, 6.07) is 0. The van der Waals surface area contributed by atoms with Crippen molar-refractivity contribution in [2.75, 3.05) is 13.3 Å². The van der Waals surface area contributed by atoms with Crippen molar-refractivity contribution in [3.63, 3.8) is 0 Å². The third-order valence-corrected chi connectivity index (χ3v) is 2.01. The fourth-order valence-electron chi connectivity index (χ4n) is 1.15. The summed E-state index contributed by atoms with van der Waals surface area (Å²) in [6.45, 7) is 8.67. The second-order valence-corrected chi connectivity index (χ2v) is 6.31. The van der Waals surface area contributed by atoms with E-state index >= 15 is 0 Å². The molecule has 0 aliphatic heterocycles. The molecule has 22 heavy (non-hydrogen) atoms. The van der Waals surface area contributed by atoms with Gasteiger partial charge in [0.2, 0.25) is 5.28 Å². The SMILES string of the molecule is CC(C)(C)OC(=O)OCON=[N+]([O-])N(CC(=O)O)C(C)(C)C. The molecule has 0 heterocycles. The van der Waals surface area contributed by atoms with Gasteiger partial charge >= 0.3 is 12.1 Å². The molecule has 0 saturated carbocycles. The zero-order chi connectivity index (χ0) is 17.6. The summed E-state index contributed by atoms with van der Waals surface area (Å²) in [5.41, 5.74) is -1.51. The number of carbonyl (C=O) groups is 2. The molecule has 0 aromatic carbocycles. The zero-order valence-corrected chi connectivity index (χ0v) is 13.7. The van der Waals surface area contributed by atoms with Gasteiger partial charge in [0.1, 0.15) is 5.60 Å². The number of hydrogen-bond donors (Lipinski definition) is 1. The van der Waals surface area contributed by atoms with Crippen LogP contribution in [-0.2, 0) is 19.1 Å². The number of ether oxygens (including phenoxy) is 2. The van der Waals surface area contributed by atoms with Crippen molar-refractivity contribution in [1.82, 2.24) is 5.01 Å². The lowest BCUT2D eigenvalue weighted by molar-refractivity contribution is -0.724. The Morgan fingerprint density at radius 1 is 1.23 bits per heavy atom. The van der Waals surface area contributed by atoms with Crippen LogP contribution >= 0.6 is 0 Å². The molecule has 0 rings (SSSR count). The van der Waals surface area contributed by atoms with Gasteiger partial charge in [-0.15, -0.1) is 5.01 Å². The third-order valence-electron chi connectivity index (χ3n) is 2.01. The Balaban J connectivity index is 4.47. The summed E-state index contributed by atoms with van der Waals surface area (Å²) >= 11 is 0. The Kier molecular flexibility index (Phi) is 6.88. The van der Waals surface area contributed by atoms with E-state index < -0.39 is 36.6 Å². The summed E-state index contributed by atoms with van der Waals surface area (Å²) in [5.74, 6) is -1.20. The second-order valence-electron chi connectivity index (χ2n) is 6.31. The van der Waals surface area contributed by atoms with E-state index in [1.54, 1.807) is 41.5 Å². The molecule has 0 unspecified atom stereocenters. The lowest BCUT2D eigenvalue weighted by Crippen LogP contribution is -2.48. The lowest BCUT2D eigenvalue weighted by atomic mass is 10.1. The van der Waals surface area contributed by atoms with Crippen LogP contribution in [0.5, 0.6) is 0 Å². The number of rotatable bonds is 6. The van der Waals surface area contributed by atoms with Crippen LogP contribution in [-0.4, -0.2) is 51.7 Å². The van der Waals surface area contributed by atoms with Crippen molar-refractivity contribution < 1.29 is 34.0 Å². The smallest absolute Gasteiger partial charge is 0.511 e. The van der Waals surface area contributed by atoms with Gasteiger partial charge in [-0.2, -0.15) is 0 Å². The second kappa shape index (κ2) is 7.66. The molecule has 0 aromatic heterocycles. The first-order chi connectivity index (χ1) is 9.83. The molecule has 1 N–H and O–H groups in total. The molecule has 0 fully saturated rings. The minimum atomic E-state index is -1.20. The number of hydrogen-bond acceptors (Lipinski definition) is 7. The van der Waals surface area contributed by atoms with Gasteiger partial charge in [-0.25, -0.2) is 4.79 Å². The van der Waals surface area contributed by atoms with Crippen LogP contribution < -0.4 is 0 Å². The predicted octanol–water partition coefficient (Wildman–Crippen LogP) is 1.89. The molecule has 0 bridgehead atoms. The highest BCUT2D eigenvalue weighted by molar-refractivity contribution is 5.68. The van der Waals surface area contributed by atoms with Gasteiger partial charge in [-0.1, -0.05) is 0 Å². The number of carbonyl (C=O) groups excluding carboxylic acids is 1. The van der Waals surface area contributed by atoms with Crippen LogP contribution in [0.15, 0.2) is 5.28 Å². The third kappa shape index (κ3) is 8.82. The van der Waals surface area contributed by atoms with Crippen molar-refractivity contribution in [2.24, 2.45) is 5.28 Å². The largest absolute Gasteiger partial charge is 0.569 e. The number of nitrogens with zero attached hydrogens (tertiary/aromatic N) is 3. The maximum atomic E-state index is 11.7. The van der Waals surface area contributed by atoms with Crippen molar-refractivity contribution in [2.45, 2.75) is 52.7 Å². The Hall–Kier alpha value is -2.26. The molecule has 0 amide bonds. The average Bonchev–Trinajstić information content (AvgIpc) is 2.27. The molecule has 0 aliphatic rings. The first-order valence-corrected chi connectivity index (χ1v) is 6.48. The molecule has 0 saturated heterocycles. The fraction of sp³-hybridized carbons (Fsp3) is 0.833. The highest BCUT2D eigenvalue weighted by Gasteiger charge is 2.31. The number of aliphatic carboxylic acids is 1. The molecule has 10 nitrogen and oxygen atoms in total. The van der Waals surface area contributed by atoms with E-state index in [0.29, 0.717) is 0 Å². The maximum absolute atomic E-state index is 11.7. The first kappa shape index (κ1) is 19.7. The lowest BCUT2D eigenvalue weighted by Gasteiger charge is -2.28. The van der Waals surface area contributed by atoms with Crippen LogP contribution in [0.1, 0.15) is 41.5 Å². The molecule has 0 spiro atoms. The van der Waals surface area contributed by atoms with E-state index in [1.165, 1.54) is 0 Å². The Labute approximate surface area is 128 Å². The van der Waals surface area contributed by atoms with E-state index in [1.807, 2.05) is 0 Å². The summed E-state index contributed by atoms with van der Waals surface area (Å²) in [6.07, 6.45) is -0.974. The molecular weight excluding hydrogens is 298 g/mol. The van der Waals surface area contributed by atoms with E-state index in [4.69, 9.17) is 9.84 Å². The van der Waals surface area contributed by atoms with Gasteiger partial charge in [0, 0.05) is 0 Å². The average molecular weight is 321 g/mol. The van der Waals surface area contributed by atoms with Gasteiger partial charge in [-0.3, -0.25) is 4.79 Å². The summed E-state index contributed by atoms with van der Waals surface area (Å²) in [7, 11) is 0. The Bertz CT molecular complexity index is 423. The minimum absolute atomic E-state index is 0.00737. The van der Waals surface area contributed by atoms with Crippen molar-refractivity contribution in [1.29, 1.82) is 0 Å². The van der Waals surface area contributed by atoms with E-state index in [-0.39, 0.29) is 4.97 Å². The quantitative estimate of drug-likeness (QED) is 0.196. The highest BCUT2D eigenvalue weighted by atomic mass is 16.8. The predicted molar refractivity (Wildman–Crippen MR) is 73.4 cm³/mol. The van der Waals surface area contributed by atoms with Gasteiger partial charge in [0.05, 0.1) is 10.5 Å². The number of carboxylic acid groups (broad SMARTS) is 1. The standard InChI is InChI=1S/C12H23N3O7/c1-11(2,3)14(7-9(16)17)15(19)13-21-8-20-10(18)22-12(4,5)6/h7-8H2,1-6H3,(H,16,17). The molecule has 10 heteroatoms. The van der Waals surface area contributed by atoms with Crippen molar-refractivity contribution in [3.8, 4) is 0 Å². The molecule has 0 atom stereocenters. The van der Waals surface area contributed by atoms with Crippen molar-refractivity contribution in [3.05, 3.63) is 5.21 Å². The van der Waals surface area contributed by atoms with Crippen LogP contribution in [0.25, 0.3) is 0 Å². The summed E-state index contributed by atoms with van der Waals surface area (Å²) in [4.78, 5) is 26.4. The van der Waals surface area contributed by atoms with Crippen molar-refractivity contribution >= 4 is 12.1 Å². The maximum Gasteiger partial charge on any atom is 0.511 e. The summed E-state index contributed by atoms with van der Waals surface area (Å²) in [5, 5.41) is 24.5. The van der Waals surface area contributed by atoms with Gasteiger partial charge in [0.25, 0.3) is 6.79 Å². The van der Waals surface area contributed by atoms with Gasteiger partial charge in [0.15, 0.2) is 6.54 Å². The van der Waals surface area contributed by atoms with E-state index in [2.05, 4.69) is 14.9 Å². The molecule has 0 aromatic rings. The van der Waals surface area contributed by atoms with Gasteiger partial charge in [-0.05, 0) is 41.5 Å².